The zero-order valence-corrected chi connectivity index (χ0v) is 21.6. The van der Waals surface area contributed by atoms with E-state index in [9.17, 15) is 8.78 Å². The third-order valence-electron chi connectivity index (χ3n) is 8.70. The Balaban J connectivity index is 1.23. The molecule has 2 aromatic rings. The van der Waals surface area contributed by atoms with Crippen LogP contribution in [0.2, 0.25) is 5.02 Å². The lowest BCUT2D eigenvalue weighted by Gasteiger charge is -2.32. The van der Waals surface area contributed by atoms with Crippen LogP contribution in [-0.4, -0.2) is 0 Å². The summed E-state index contributed by atoms with van der Waals surface area (Å²) in [5.74, 6) is 2.26. The predicted octanol–water partition coefficient (Wildman–Crippen LogP) is 10.1. The second-order valence-electron chi connectivity index (χ2n) is 11.1. The Morgan fingerprint density at radius 2 is 1.21 bits per heavy atom. The summed E-state index contributed by atoms with van der Waals surface area (Å²) in [6, 6.07) is 10.7. The number of benzene rings is 2. The summed E-state index contributed by atoms with van der Waals surface area (Å²) < 4.78 is 29.7. The summed E-state index contributed by atoms with van der Waals surface area (Å²) in [6.07, 6.45) is 16.8. The molecule has 186 valence electrons. The molecule has 34 heavy (non-hydrogen) atoms. The molecular formula is C31H41ClF2. The third-order valence-corrected chi connectivity index (χ3v) is 8.96. The monoisotopic (exact) mass is 486 g/mol. The van der Waals surface area contributed by atoms with Crippen molar-refractivity contribution in [3.05, 3.63) is 69.7 Å². The largest absolute Gasteiger partial charge is 0.207 e. The Morgan fingerprint density at radius 1 is 0.706 bits per heavy atom. The summed E-state index contributed by atoms with van der Waals surface area (Å²) in [4.78, 5) is 0. The predicted molar refractivity (Wildman–Crippen MR) is 140 cm³/mol. The lowest BCUT2D eigenvalue weighted by molar-refractivity contribution is 0.224. The van der Waals surface area contributed by atoms with Gasteiger partial charge < -0.3 is 0 Å². The zero-order valence-electron chi connectivity index (χ0n) is 20.8. The highest BCUT2D eigenvalue weighted by Gasteiger charge is 2.26. The smallest absolute Gasteiger partial charge is 0.129 e. The van der Waals surface area contributed by atoms with Crippen LogP contribution in [0, 0.1) is 29.4 Å². The highest BCUT2D eigenvalue weighted by molar-refractivity contribution is 6.30. The molecule has 0 bridgehead atoms. The van der Waals surface area contributed by atoms with Crippen molar-refractivity contribution in [1.82, 2.24) is 0 Å². The number of rotatable bonds is 9. The molecule has 0 unspecified atom stereocenters. The van der Waals surface area contributed by atoms with E-state index in [0.29, 0.717) is 23.8 Å². The molecule has 4 rings (SSSR count). The Morgan fingerprint density at radius 3 is 1.74 bits per heavy atom. The molecule has 0 N–H and O–H groups in total. The number of hydrogen-bond donors (Lipinski definition) is 0. The highest BCUT2D eigenvalue weighted by atomic mass is 35.5. The van der Waals surface area contributed by atoms with Crippen LogP contribution in [0.25, 0.3) is 0 Å². The van der Waals surface area contributed by atoms with Crippen molar-refractivity contribution in [2.45, 2.75) is 103 Å². The number of aryl methyl sites for hydroxylation is 1. The Bertz CT molecular complexity index is 867. The molecule has 0 spiro atoms. The summed E-state index contributed by atoms with van der Waals surface area (Å²) in [5, 5.41) is 0.676. The van der Waals surface area contributed by atoms with E-state index >= 15 is 0 Å². The second kappa shape index (κ2) is 12.5. The minimum absolute atomic E-state index is 0.209. The van der Waals surface area contributed by atoms with Crippen LogP contribution in [0.4, 0.5) is 8.78 Å². The van der Waals surface area contributed by atoms with Gasteiger partial charge in [0.1, 0.15) is 11.6 Å². The first kappa shape index (κ1) is 25.7. The molecule has 2 aromatic carbocycles. The molecule has 2 saturated carbocycles. The van der Waals surface area contributed by atoms with Crippen LogP contribution in [0.15, 0.2) is 36.4 Å². The SMILES string of the molecule is CCC[C@H]1CC[C@H](CC[C@H]2CC[C@H](c3cc(F)c(CCc4ccc(Cl)cc4)c(F)c3)CC2)CC1. The second-order valence-corrected chi connectivity index (χ2v) is 11.5. The minimum Gasteiger partial charge on any atom is -0.207 e. The maximum atomic E-state index is 14.9. The third kappa shape index (κ3) is 7.06. The van der Waals surface area contributed by atoms with Gasteiger partial charge in [0, 0.05) is 10.6 Å². The molecule has 2 aliphatic carbocycles. The normalized spacial score (nSPS) is 25.4. The topological polar surface area (TPSA) is 0 Å². The minimum atomic E-state index is -0.384. The fourth-order valence-corrected chi connectivity index (χ4v) is 6.62. The van der Waals surface area contributed by atoms with Crippen molar-refractivity contribution < 1.29 is 8.78 Å². The molecular weight excluding hydrogens is 446 g/mol. The number of hydrogen-bond acceptors (Lipinski definition) is 0. The average molecular weight is 487 g/mol. The van der Waals surface area contributed by atoms with Crippen molar-refractivity contribution >= 4 is 11.6 Å². The molecule has 0 radical (unpaired) electrons. The van der Waals surface area contributed by atoms with Gasteiger partial charge in [-0.05, 0) is 97.6 Å². The van der Waals surface area contributed by atoms with Gasteiger partial charge >= 0.3 is 0 Å². The van der Waals surface area contributed by atoms with Crippen molar-refractivity contribution in [3.8, 4) is 0 Å². The Hall–Kier alpha value is -1.41. The zero-order chi connectivity index (χ0) is 23.9. The van der Waals surface area contributed by atoms with Crippen LogP contribution < -0.4 is 0 Å². The van der Waals surface area contributed by atoms with Gasteiger partial charge in [0.2, 0.25) is 0 Å². The molecule has 0 saturated heterocycles. The van der Waals surface area contributed by atoms with Crippen molar-refractivity contribution in [2.24, 2.45) is 17.8 Å². The first-order valence-electron chi connectivity index (χ1n) is 13.7. The molecule has 0 heterocycles. The molecule has 0 atom stereocenters. The van der Waals surface area contributed by atoms with Crippen LogP contribution in [0.3, 0.4) is 0 Å². The van der Waals surface area contributed by atoms with Crippen LogP contribution in [-0.2, 0) is 12.8 Å². The van der Waals surface area contributed by atoms with Gasteiger partial charge in [-0.25, -0.2) is 8.78 Å². The van der Waals surface area contributed by atoms with Gasteiger partial charge in [0.15, 0.2) is 0 Å². The molecule has 2 aliphatic rings. The first-order valence-corrected chi connectivity index (χ1v) is 14.1. The van der Waals surface area contributed by atoms with E-state index in [1.54, 1.807) is 12.1 Å². The lowest BCUT2D eigenvalue weighted by atomic mass is 9.74. The van der Waals surface area contributed by atoms with Crippen molar-refractivity contribution in [2.75, 3.05) is 0 Å². The number of halogens is 3. The van der Waals surface area contributed by atoms with E-state index in [1.165, 1.54) is 64.2 Å². The Labute approximate surface area is 210 Å². The van der Waals surface area contributed by atoms with E-state index in [1.807, 2.05) is 24.3 Å². The summed E-state index contributed by atoms with van der Waals surface area (Å²) in [7, 11) is 0. The van der Waals surface area contributed by atoms with Gasteiger partial charge in [-0.15, -0.1) is 0 Å². The van der Waals surface area contributed by atoms with Crippen molar-refractivity contribution in [3.63, 3.8) is 0 Å². The first-order chi connectivity index (χ1) is 16.5. The van der Waals surface area contributed by atoms with Crippen LogP contribution in [0.5, 0.6) is 0 Å². The van der Waals surface area contributed by atoms with E-state index < -0.39 is 0 Å². The van der Waals surface area contributed by atoms with Crippen molar-refractivity contribution in [1.29, 1.82) is 0 Å². The maximum Gasteiger partial charge on any atom is 0.129 e. The van der Waals surface area contributed by atoms with E-state index in [4.69, 9.17) is 11.6 Å². The summed E-state index contributed by atoms with van der Waals surface area (Å²) in [6.45, 7) is 2.31. The Kier molecular flexibility index (Phi) is 9.46. The van der Waals surface area contributed by atoms with E-state index in [2.05, 4.69) is 6.92 Å². The van der Waals surface area contributed by atoms with Crippen LogP contribution >= 0.6 is 11.6 Å². The summed E-state index contributed by atoms with van der Waals surface area (Å²) in [5.41, 5.74) is 2.11. The van der Waals surface area contributed by atoms with Gasteiger partial charge in [0.05, 0.1) is 0 Å². The molecule has 3 heteroatoms. The molecule has 0 aliphatic heterocycles. The summed E-state index contributed by atoms with van der Waals surface area (Å²) >= 11 is 5.93. The van der Waals surface area contributed by atoms with E-state index in [0.717, 1.165) is 41.7 Å². The average Bonchev–Trinajstić information content (AvgIpc) is 2.84. The van der Waals surface area contributed by atoms with Gasteiger partial charge in [-0.2, -0.15) is 0 Å². The molecule has 2 fully saturated rings. The molecule has 0 aromatic heterocycles. The maximum absolute atomic E-state index is 14.9. The quantitative estimate of drug-likeness (QED) is 0.330. The van der Waals surface area contributed by atoms with Gasteiger partial charge in [-0.3, -0.25) is 0 Å². The molecule has 0 nitrogen and oxygen atoms in total. The standard InChI is InChI=1S/C31H41ClF2/c1-2-3-22-4-6-23(7-5-22)8-9-24-10-15-26(16-11-24)27-20-30(33)29(31(34)21-27)19-14-25-12-17-28(32)18-13-25/h12-13,17-18,20-24,26H,2-11,14-16,19H2,1H3/t22-,23-,24-,26-. The van der Waals surface area contributed by atoms with E-state index in [-0.39, 0.29) is 17.2 Å². The molecule has 0 amide bonds. The fourth-order valence-electron chi connectivity index (χ4n) is 6.49. The van der Waals surface area contributed by atoms with Crippen LogP contribution in [0.1, 0.15) is 107 Å². The van der Waals surface area contributed by atoms with Gasteiger partial charge in [-0.1, -0.05) is 82.0 Å². The highest BCUT2D eigenvalue weighted by Crippen LogP contribution is 2.40. The lowest BCUT2D eigenvalue weighted by Crippen LogP contribution is -2.18. The van der Waals surface area contributed by atoms with Gasteiger partial charge in [0.25, 0.3) is 0 Å². The fraction of sp³-hybridized carbons (Fsp3) is 0.613.